The minimum absolute atomic E-state index is 0.778. The number of nitrogens with one attached hydrogen (secondary N) is 1. The number of thiocarbonyl (C=S) groups is 1. The molecule has 0 saturated heterocycles. The third-order valence-corrected chi connectivity index (χ3v) is 4.18. The molecule has 0 saturated carbocycles. The zero-order valence-corrected chi connectivity index (χ0v) is 13.2. The quantitative estimate of drug-likeness (QED) is 0.490. The topological polar surface area (TPSA) is 15.3 Å². The van der Waals surface area contributed by atoms with E-state index in [1.807, 2.05) is 24.3 Å². The fourth-order valence-electron chi connectivity index (χ4n) is 1.48. The van der Waals surface area contributed by atoms with E-state index in [-0.39, 0.29) is 0 Å². The maximum Gasteiger partial charge on any atom is 0.168 e. The summed E-state index contributed by atoms with van der Waals surface area (Å²) in [7, 11) is 0. The van der Waals surface area contributed by atoms with Crippen molar-refractivity contribution >= 4 is 40.7 Å². The van der Waals surface area contributed by atoms with Gasteiger partial charge < -0.3 is 10.2 Å². The van der Waals surface area contributed by atoms with Crippen molar-refractivity contribution in [1.29, 1.82) is 0 Å². The first-order chi connectivity index (χ1) is 8.67. The smallest absolute Gasteiger partial charge is 0.168 e. The molecule has 1 rings (SSSR count). The van der Waals surface area contributed by atoms with Gasteiger partial charge in [0.2, 0.25) is 0 Å². The molecule has 0 atom stereocenters. The number of hydrogen-bond acceptors (Lipinski definition) is 2. The standard InChI is InChI=1S/C13H19ClN2S2/c1-3-16(4-2)13(17)15-9-10-18-12-7-5-11(14)6-8-12/h5-8H,3-4,9-10H2,1-2H3,(H,15,17). The Kier molecular flexibility index (Phi) is 7.47. The second-order valence-corrected chi connectivity index (χ2v) is 5.70. The number of hydrogen-bond donors (Lipinski definition) is 1. The van der Waals surface area contributed by atoms with Crippen LogP contribution < -0.4 is 5.32 Å². The Bertz CT molecular complexity index is 364. The molecule has 0 aromatic heterocycles. The summed E-state index contributed by atoms with van der Waals surface area (Å²) in [5.74, 6) is 0.989. The molecule has 0 fully saturated rings. The first-order valence-electron chi connectivity index (χ1n) is 6.08. The van der Waals surface area contributed by atoms with Gasteiger partial charge >= 0.3 is 0 Å². The molecule has 0 aliphatic heterocycles. The van der Waals surface area contributed by atoms with Crippen molar-refractivity contribution in [1.82, 2.24) is 10.2 Å². The number of benzene rings is 1. The zero-order valence-electron chi connectivity index (χ0n) is 10.8. The third-order valence-electron chi connectivity index (χ3n) is 2.51. The average molecular weight is 303 g/mol. The minimum atomic E-state index is 0.778. The molecule has 0 bridgehead atoms. The largest absolute Gasteiger partial charge is 0.362 e. The summed E-state index contributed by atoms with van der Waals surface area (Å²) >= 11 is 12.9. The molecule has 0 heterocycles. The summed E-state index contributed by atoms with van der Waals surface area (Å²) in [6, 6.07) is 7.90. The number of thioether (sulfide) groups is 1. The maximum absolute atomic E-state index is 5.84. The molecule has 1 aromatic rings. The zero-order chi connectivity index (χ0) is 13.4. The molecule has 1 aromatic carbocycles. The lowest BCUT2D eigenvalue weighted by Crippen LogP contribution is -2.40. The van der Waals surface area contributed by atoms with Crippen LogP contribution in [0.3, 0.4) is 0 Å². The predicted octanol–water partition coefficient (Wildman–Crippen LogP) is 3.65. The molecule has 2 nitrogen and oxygen atoms in total. The van der Waals surface area contributed by atoms with Gasteiger partial charge in [0.1, 0.15) is 0 Å². The van der Waals surface area contributed by atoms with E-state index in [1.54, 1.807) is 11.8 Å². The van der Waals surface area contributed by atoms with Gasteiger partial charge in [0.05, 0.1) is 0 Å². The van der Waals surface area contributed by atoms with Crippen LogP contribution in [-0.4, -0.2) is 35.4 Å². The summed E-state index contributed by atoms with van der Waals surface area (Å²) in [5, 5.41) is 4.90. The van der Waals surface area contributed by atoms with E-state index in [2.05, 4.69) is 24.1 Å². The Morgan fingerprint density at radius 1 is 1.28 bits per heavy atom. The van der Waals surface area contributed by atoms with Gasteiger partial charge in [0.25, 0.3) is 0 Å². The molecule has 0 radical (unpaired) electrons. The molecular formula is C13H19ClN2S2. The predicted molar refractivity (Wildman–Crippen MR) is 85.7 cm³/mol. The summed E-state index contributed by atoms with van der Waals surface area (Å²) in [4.78, 5) is 3.37. The summed E-state index contributed by atoms with van der Waals surface area (Å²) in [5.41, 5.74) is 0. The monoisotopic (exact) mass is 302 g/mol. The van der Waals surface area contributed by atoms with E-state index in [4.69, 9.17) is 23.8 Å². The van der Waals surface area contributed by atoms with Gasteiger partial charge in [-0.05, 0) is 50.3 Å². The van der Waals surface area contributed by atoms with Crippen molar-refractivity contribution in [2.24, 2.45) is 0 Å². The highest BCUT2D eigenvalue weighted by Gasteiger charge is 2.03. The van der Waals surface area contributed by atoms with Crippen molar-refractivity contribution in [2.45, 2.75) is 18.7 Å². The van der Waals surface area contributed by atoms with Crippen LogP contribution in [0, 0.1) is 0 Å². The van der Waals surface area contributed by atoms with Crippen LogP contribution >= 0.6 is 35.6 Å². The fourth-order valence-corrected chi connectivity index (χ4v) is 2.73. The Labute approximate surface area is 124 Å². The minimum Gasteiger partial charge on any atom is -0.362 e. The number of rotatable bonds is 6. The van der Waals surface area contributed by atoms with Crippen molar-refractivity contribution in [3.05, 3.63) is 29.3 Å². The van der Waals surface area contributed by atoms with Gasteiger partial charge in [-0.25, -0.2) is 0 Å². The Morgan fingerprint density at radius 2 is 1.89 bits per heavy atom. The van der Waals surface area contributed by atoms with Crippen molar-refractivity contribution in [3.63, 3.8) is 0 Å². The second-order valence-electron chi connectivity index (χ2n) is 3.71. The molecule has 0 amide bonds. The normalized spacial score (nSPS) is 10.2. The molecule has 0 aliphatic rings. The SMILES string of the molecule is CCN(CC)C(=S)NCCSc1ccc(Cl)cc1. The van der Waals surface area contributed by atoms with Gasteiger partial charge in [-0.1, -0.05) is 11.6 Å². The van der Waals surface area contributed by atoms with Crippen molar-refractivity contribution in [3.8, 4) is 0 Å². The van der Waals surface area contributed by atoms with E-state index in [9.17, 15) is 0 Å². The molecule has 0 aliphatic carbocycles. The van der Waals surface area contributed by atoms with Crippen LogP contribution in [0.2, 0.25) is 5.02 Å². The molecule has 5 heteroatoms. The highest BCUT2D eigenvalue weighted by Crippen LogP contribution is 2.19. The van der Waals surface area contributed by atoms with Gasteiger partial charge in [0.15, 0.2) is 5.11 Å². The fraction of sp³-hybridized carbons (Fsp3) is 0.462. The molecule has 18 heavy (non-hydrogen) atoms. The van der Waals surface area contributed by atoms with Gasteiger partial charge in [-0.3, -0.25) is 0 Å². The first-order valence-corrected chi connectivity index (χ1v) is 7.85. The highest BCUT2D eigenvalue weighted by molar-refractivity contribution is 7.99. The lowest BCUT2D eigenvalue weighted by molar-refractivity contribution is 0.458. The Hall–Kier alpha value is -0.450. The van der Waals surface area contributed by atoms with Crippen LogP contribution in [0.25, 0.3) is 0 Å². The van der Waals surface area contributed by atoms with Crippen molar-refractivity contribution in [2.75, 3.05) is 25.4 Å². The highest BCUT2D eigenvalue weighted by atomic mass is 35.5. The average Bonchev–Trinajstić information content (AvgIpc) is 2.38. The molecule has 1 N–H and O–H groups in total. The Balaban J connectivity index is 2.22. The summed E-state index contributed by atoms with van der Waals surface area (Å²) in [6.07, 6.45) is 0. The van der Waals surface area contributed by atoms with Gasteiger partial charge in [-0.2, -0.15) is 0 Å². The van der Waals surface area contributed by atoms with Gasteiger partial charge in [0, 0.05) is 35.3 Å². The molecular weight excluding hydrogens is 284 g/mol. The first kappa shape index (κ1) is 15.6. The van der Waals surface area contributed by atoms with Crippen LogP contribution in [0.1, 0.15) is 13.8 Å². The number of halogens is 1. The van der Waals surface area contributed by atoms with E-state index >= 15 is 0 Å². The summed E-state index contributed by atoms with van der Waals surface area (Å²) < 4.78 is 0. The second kappa shape index (κ2) is 8.62. The molecule has 0 spiro atoms. The Morgan fingerprint density at radius 3 is 2.44 bits per heavy atom. The molecule has 100 valence electrons. The maximum atomic E-state index is 5.84. The lowest BCUT2D eigenvalue weighted by Gasteiger charge is -2.22. The van der Waals surface area contributed by atoms with E-state index in [1.165, 1.54) is 4.90 Å². The third kappa shape index (κ3) is 5.46. The van der Waals surface area contributed by atoms with Crippen LogP contribution in [0.5, 0.6) is 0 Å². The van der Waals surface area contributed by atoms with E-state index < -0.39 is 0 Å². The van der Waals surface area contributed by atoms with E-state index in [0.717, 1.165) is 35.5 Å². The lowest BCUT2D eigenvalue weighted by atomic mass is 10.4. The van der Waals surface area contributed by atoms with Crippen LogP contribution in [0.15, 0.2) is 29.2 Å². The number of nitrogens with zero attached hydrogens (tertiary/aromatic N) is 1. The van der Waals surface area contributed by atoms with Gasteiger partial charge in [-0.15, -0.1) is 11.8 Å². The van der Waals surface area contributed by atoms with E-state index in [0.29, 0.717) is 0 Å². The van der Waals surface area contributed by atoms with Crippen molar-refractivity contribution < 1.29 is 0 Å². The van der Waals surface area contributed by atoms with Crippen LogP contribution in [-0.2, 0) is 0 Å². The molecule has 0 unspecified atom stereocenters. The van der Waals surface area contributed by atoms with Crippen LogP contribution in [0.4, 0.5) is 0 Å². The summed E-state index contributed by atoms with van der Waals surface area (Å²) in [6.45, 7) is 7.00.